The molecule has 5 nitrogen and oxygen atoms in total. The van der Waals surface area contributed by atoms with E-state index in [2.05, 4.69) is 16.4 Å². The number of nitrogens with one attached hydrogen (secondary N) is 1. The van der Waals surface area contributed by atoms with Crippen LogP contribution in [0.3, 0.4) is 0 Å². The summed E-state index contributed by atoms with van der Waals surface area (Å²) in [4.78, 5) is 17.4. The number of carbonyl (C=O) groups excluding carboxylic acids is 1. The summed E-state index contributed by atoms with van der Waals surface area (Å²) in [7, 11) is 0. The minimum absolute atomic E-state index is 0.0536. The first kappa shape index (κ1) is 13.0. The third-order valence-corrected chi connectivity index (χ3v) is 2.35. The molecule has 0 atom stereocenters. The molecule has 1 rings (SSSR count). The second-order valence-corrected chi connectivity index (χ2v) is 3.47. The Balaban J connectivity index is 2.87. The minimum Gasteiger partial charge on any atom is -0.360 e. The van der Waals surface area contributed by atoms with Crippen molar-refractivity contribution in [3.05, 3.63) is 24.0 Å². The number of rotatable bonds is 5. The summed E-state index contributed by atoms with van der Waals surface area (Å²) in [6.07, 6.45) is 3.18. The average molecular weight is 232 g/mol. The number of nitriles is 1. The van der Waals surface area contributed by atoms with Gasteiger partial charge >= 0.3 is 0 Å². The van der Waals surface area contributed by atoms with E-state index in [0.29, 0.717) is 24.3 Å². The Kier molecular flexibility index (Phi) is 4.95. The predicted octanol–water partition coefficient (Wildman–Crippen LogP) is 0.916. The minimum atomic E-state index is -0.0536. The smallest absolute Gasteiger partial charge is 0.239 e. The molecule has 17 heavy (non-hydrogen) atoms. The van der Waals surface area contributed by atoms with Gasteiger partial charge in [0.2, 0.25) is 5.91 Å². The van der Waals surface area contributed by atoms with Crippen LogP contribution in [-0.2, 0) is 4.79 Å². The van der Waals surface area contributed by atoms with Crippen LogP contribution in [0, 0.1) is 11.3 Å². The van der Waals surface area contributed by atoms with Gasteiger partial charge in [0.25, 0.3) is 0 Å². The van der Waals surface area contributed by atoms with Crippen LogP contribution in [0.2, 0.25) is 0 Å². The molecule has 90 valence electrons. The second-order valence-electron chi connectivity index (χ2n) is 3.47. The molecule has 0 aliphatic rings. The van der Waals surface area contributed by atoms with Crippen LogP contribution >= 0.6 is 0 Å². The number of hydrogen-bond donors (Lipinski definition) is 1. The van der Waals surface area contributed by atoms with Crippen LogP contribution in [0.15, 0.2) is 18.5 Å². The zero-order valence-corrected chi connectivity index (χ0v) is 10.1. The zero-order valence-electron chi connectivity index (χ0n) is 10.1. The Bertz CT molecular complexity index is 425. The van der Waals surface area contributed by atoms with Gasteiger partial charge in [0, 0.05) is 19.3 Å². The molecule has 5 heteroatoms. The Hall–Kier alpha value is -2.09. The molecule has 0 unspecified atom stereocenters. The normalized spacial score (nSPS) is 9.47. The van der Waals surface area contributed by atoms with Gasteiger partial charge in [0.05, 0.1) is 24.0 Å². The fourth-order valence-corrected chi connectivity index (χ4v) is 1.53. The molecule has 0 bridgehead atoms. The van der Waals surface area contributed by atoms with Crippen molar-refractivity contribution in [1.29, 1.82) is 5.26 Å². The summed E-state index contributed by atoms with van der Waals surface area (Å²) < 4.78 is 0. The largest absolute Gasteiger partial charge is 0.360 e. The first-order valence-corrected chi connectivity index (χ1v) is 5.58. The molecule has 0 spiro atoms. The molecule has 1 heterocycles. The van der Waals surface area contributed by atoms with Gasteiger partial charge in [-0.1, -0.05) is 0 Å². The first-order valence-electron chi connectivity index (χ1n) is 5.58. The van der Waals surface area contributed by atoms with Crippen LogP contribution in [0.25, 0.3) is 0 Å². The fourth-order valence-electron chi connectivity index (χ4n) is 1.53. The monoisotopic (exact) mass is 232 g/mol. The quantitative estimate of drug-likeness (QED) is 0.819. The van der Waals surface area contributed by atoms with Crippen molar-refractivity contribution in [3.63, 3.8) is 0 Å². The Morgan fingerprint density at radius 2 is 2.35 bits per heavy atom. The molecular formula is C12H16N4O. The highest BCUT2D eigenvalue weighted by Gasteiger charge is 2.12. The predicted molar refractivity (Wildman–Crippen MR) is 65.5 cm³/mol. The van der Waals surface area contributed by atoms with Crippen LogP contribution in [0.5, 0.6) is 0 Å². The Morgan fingerprint density at radius 3 is 2.94 bits per heavy atom. The number of pyridine rings is 1. The van der Waals surface area contributed by atoms with Gasteiger partial charge in [-0.2, -0.15) is 5.26 Å². The zero-order chi connectivity index (χ0) is 12.7. The molecule has 1 N–H and O–H groups in total. The van der Waals surface area contributed by atoms with E-state index in [4.69, 9.17) is 5.26 Å². The van der Waals surface area contributed by atoms with Crippen molar-refractivity contribution in [2.24, 2.45) is 0 Å². The van der Waals surface area contributed by atoms with Crippen LogP contribution in [0.1, 0.15) is 19.4 Å². The maximum absolute atomic E-state index is 11.5. The summed E-state index contributed by atoms with van der Waals surface area (Å²) in [6, 6.07) is 3.75. The van der Waals surface area contributed by atoms with Crippen LogP contribution in [0.4, 0.5) is 5.69 Å². The van der Waals surface area contributed by atoms with Gasteiger partial charge < -0.3 is 10.2 Å². The molecule has 1 aromatic heterocycles. The van der Waals surface area contributed by atoms with Crippen molar-refractivity contribution >= 4 is 11.6 Å². The van der Waals surface area contributed by atoms with Gasteiger partial charge in [-0.15, -0.1) is 0 Å². The standard InChI is InChI=1S/C12H16N4O/c1-3-15-12(17)9-16(4-2)11-8-14-6-5-10(11)7-13/h5-6,8H,3-4,9H2,1-2H3,(H,15,17). The van der Waals surface area contributed by atoms with E-state index in [-0.39, 0.29) is 12.5 Å². The molecule has 0 saturated carbocycles. The topological polar surface area (TPSA) is 69.0 Å². The molecule has 1 amide bonds. The molecule has 0 aliphatic carbocycles. The van der Waals surface area contributed by atoms with Crippen LogP contribution in [-0.4, -0.2) is 30.5 Å². The molecular weight excluding hydrogens is 216 g/mol. The lowest BCUT2D eigenvalue weighted by Crippen LogP contribution is -2.37. The number of anilines is 1. The molecule has 0 saturated heterocycles. The summed E-state index contributed by atoms with van der Waals surface area (Å²) in [5.74, 6) is -0.0536. The number of aromatic nitrogens is 1. The third kappa shape index (κ3) is 3.45. The average Bonchev–Trinajstić information content (AvgIpc) is 2.36. The van der Waals surface area contributed by atoms with Crippen molar-refractivity contribution in [2.45, 2.75) is 13.8 Å². The third-order valence-electron chi connectivity index (χ3n) is 2.35. The van der Waals surface area contributed by atoms with Gasteiger partial charge in [0.1, 0.15) is 6.07 Å². The summed E-state index contributed by atoms with van der Waals surface area (Å²) >= 11 is 0. The van der Waals surface area contributed by atoms with E-state index in [0.717, 1.165) is 0 Å². The maximum Gasteiger partial charge on any atom is 0.239 e. The number of likely N-dealkylation sites (N-methyl/N-ethyl adjacent to an activating group) is 2. The number of hydrogen-bond acceptors (Lipinski definition) is 4. The highest BCUT2D eigenvalue weighted by molar-refractivity contribution is 5.81. The molecule has 0 aromatic carbocycles. The highest BCUT2D eigenvalue weighted by Crippen LogP contribution is 2.17. The maximum atomic E-state index is 11.5. The lowest BCUT2D eigenvalue weighted by molar-refractivity contribution is -0.119. The van der Waals surface area contributed by atoms with E-state index in [1.54, 1.807) is 18.5 Å². The summed E-state index contributed by atoms with van der Waals surface area (Å²) in [5, 5.41) is 11.7. The lowest BCUT2D eigenvalue weighted by atomic mass is 10.2. The Morgan fingerprint density at radius 1 is 1.59 bits per heavy atom. The van der Waals surface area contributed by atoms with Gasteiger partial charge in [-0.3, -0.25) is 9.78 Å². The molecule has 0 fully saturated rings. The van der Waals surface area contributed by atoms with Crippen molar-refractivity contribution in [2.75, 3.05) is 24.5 Å². The van der Waals surface area contributed by atoms with Gasteiger partial charge in [-0.25, -0.2) is 0 Å². The Labute approximate surface area is 101 Å². The van der Waals surface area contributed by atoms with Crippen molar-refractivity contribution in [3.8, 4) is 6.07 Å². The van der Waals surface area contributed by atoms with E-state index in [1.165, 1.54) is 0 Å². The van der Waals surface area contributed by atoms with Crippen molar-refractivity contribution in [1.82, 2.24) is 10.3 Å². The molecule has 0 radical (unpaired) electrons. The van der Waals surface area contributed by atoms with E-state index >= 15 is 0 Å². The second kappa shape index (κ2) is 6.48. The highest BCUT2D eigenvalue weighted by atomic mass is 16.2. The van der Waals surface area contributed by atoms with Crippen molar-refractivity contribution < 1.29 is 4.79 Å². The van der Waals surface area contributed by atoms with E-state index in [1.807, 2.05) is 18.7 Å². The number of amides is 1. The van der Waals surface area contributed by atoms with E-state index < -0.39 is 0 Å². The van der Waals surface area contributed by atoms with Gasteiger partial charge in [-0.05, 0) is 19.9 Å². The van der Waals surface area contributed by atoms with E-state index in [9.17, 15) is 4.79 Å². The summed E-state index contributed by atoms with van der Waals surface area (Å²) in [6.45, 7) is 5.31. The lowest BCUT2D eigenvalue weighted by Gasteiger charge is -2.22. The van der Waals surface area contributed by atoms with Crippen LogP contribution < -0.4 is 10.2 Å². The first-order chi connectivity index (χ1) is 8.22. The molecule has 1 aromatic rings. The number of nitrogens with zero attached hydrogens (tertiary/aromatic N) is 3. The number of carbonyl (C=O) groups is 1. The SMILES string of the molecule is CCNC(=O)CN(CC)c1cnccc1C#N. The van der Waals surface area contributed by atoms with Gasteiger partial charge in [0.15, 0.2) is 0 Å². The fraction of sp³-hybridized carbons (Fsp3) is 0.417. The summed E-state index contributed by atoms with van der Waals surface area (Å²) in [5.41, 5.74) is 1.23. The molecule has 0 aliphatic heterocycles.